The van der Waals surface area contributed by atoms with E-state index in [1.807, 2.05) is 0 Å². The summed E-state index contributed by atoms with van der Waals surface area (Å²) < 4.78 is 28.5. The molecule has 0 unspecified atom stereocenters. The summed E-state index contributed by atoms with van der Waals surface area (Å²) in [6, 6.07) is 13.8. The number of aromatic nitrogens is 4. The fourth-order valence-electron chi connectivity index (χ4n) is 3.37. The van der Waals surface area contributed by atoms with E-state index in [9.17, 15) is 4.79 Å². The molecule has 1 amide bonds. The van der Waals surface area contributed by atoms with Gasteiger partial charge in [0.1, 0.15) is 29.6 Å². The van der Waals surface area contributed by atoms with Crippen molar-refractivity contribution < 1.29 is 28.5 Å². The van der Waals surface area contributed by atoms with Crippen LogP contribution in [0.15, 0.2) is 48.5 Å². The summed E-state index contributed by atoms with van der Waals surface area (Å²) in [6.07, 6.45) is 0. The number of hydrogen-bond acceptors (Lipinski definition) is 9. The third-order valence-electron chi connectivity index (χ3n) is 5.14. The first-order chi connectivity index (χ1) is 17.1. The Kier molecular flexibility index (Phi) is 7.15. The highest BCUT2D eigenvalue weighted by molar-refractivity contribution is 5.95. The van der Waals surface area contributed by atoms with Crippen LogP contribution in [0, 0.1) is 0 Å². The number of carbonyl (C=O) groups is 1. The minimum Gasteiger partial charge on any atom is -0.497 e. The largest absolute Gasteiger partial charge is 0.497 e. The lowest BCUT2D eigenvalue weighted by Crippen LogP contribution is -2.28. The summed E-state index contributed by atoms with van der Waals surface area (Å²) >= 11 is 0. The van der Waals surface area contributed by atoms with Gasteiger partial charge in [-0.05, 0) is 36.4 Å². The third kappa shape index (κ3) is 5.18. The van der Waals surface area contributed by atoms with E-state index in [2.05, 4.69) is 20.6 Å². The van der Waals surface area contributed by atoms with E-state index in [4.69, 9.17) is 23.7 Å². The molecule has 0 atom stereocenters. The molecule has 0 radical (unpaired) electrons. The van der Waals surface area contributed by atoms with Crippen molar-refractivity contribution in [2.24, 2.45) is 0 Å². The van der Waals surface area contributed by atoms with Crippen molar-refractivity contribution in [1.82, 2.24) is 25.1 Å². The topological polar surface area (TPSA) is 118 Å². The van der Waals surface area contributed by atoms with Crippen LogP contribution in [0.25, 0.3) is 17.0 Å². The highest BCUT2D eigenvalue weighted by atomic mass is 16.5. The molecule has 11 heteroatoms. The lowest BCUT2D eigenvalue weighted by atomic mass is 10.2. The predicted molar refractivity (Wildman–Crippen MR) is 127 cm³/mol. The van der Waals surface area contributed by atoms with Crippen molar-refractivity contribution in [3.05, 3.63) is 54.1 Å². The summed E-state index contributed by atoms with van der Waals surface area (Å²) in [4.78, 5) is 12.5. The van der Waals surface area contributed by atoms with Gasteiger partial charge in [-0.15, -0.1) is 15.3 Å². The average Bonchev–Trinajstić information content (AvgIpc) is 3.33. The van der Waals surface area contributed by atoms with Crippen molar-refractivity contribution in [1.29, 1.82) is 0 Å². The van der Waals surface area contributed by atoms with Gasteiger partial charge in [0.05, 0.1) is 40.5 Å². The minimum absolute atomic E-state index is 0.200. The Morgan fingerprint density at radius 3 is 2.29 bits per heavy atom. The Labute approximate surface area is 201 Å². The normalized spacial score (nSPS) is 10.6. The molecular weight excluding hydrogens is 454 g/mol. The van der Waals surface area contributed by atoms with Crippen LogP contribution in [0.5, 0.6) is 28.9 Å². The SMILES string of the molecule is COc1cc(OC)cc(C(=O)NCCOc2ccc3nnc(-c4cc(OC)ccc4OC)n3n2)c1. The average molecular weight is 479 g/mol. The van der Waals surface area contributed by atoms with Gasteiger partial charge in [-0.1, -0.05) is 0 Å². The maximum atomic E-state index is 12.5. The molecule has 0 fully saturated rings. The lowest BCUT2D eigenvalue weighted by Gasteiger charge is -2.10. The molecule has 2 heterocycles. The van der Waals surface area contributed by atoms with E-state index < -0.39 is 0 Å². The number of nitrogens with one attached hydrogen (secondary N) is 1. The highest BCUT2D eigenvalue weighted by Gasteiger charge is 2.16. The molecule has 4 aromatic rings. The number of ether oxygens (including phenoxy) is 5. The smallest absolute Gasteiger partial charge is 0.251 e. The molecule has 0 bridgehead atoms. The summed E-state index contributed by atoms with van der Waals surface area (Å²) in [6.45, 7) is 0.460. The molecule has 2 aromatic heterocycles. The molecule has 182 valence electrons. The monoisotopic (exact) mass is 479 g/mol. The molecule has 35 heavy (non-hydrogen) atoms. The van der Waals surface area contributed by atoms with E-state index in [1.165, 1.54) is 14.2 Å². The Morgan fingerprint density at radius 2 is 1.60 bits per heavy atom. The summed E-state index contributed by atoms with van der Waals surface area (Å²) in [7, 11) is 6.22. The molecule has 4 rings (SSSR count). The molecule has 1 N–H and O–H groups in total. The van der Waals surface area contributed by atoms with Gasteiger partial charge in [0, 0.05) is 17.7 Å². The van der Waals surface area contributed by atoms with Gasteiger partial charge in [-0.3, -0.25) is 4.79 Å². The Balaban J connectivity index is 1.45. The van der Waals surface area contributed by atoms with Gasteiger partial charge in [0.25, 0.3) is 5.91 Å². The second-order valence-electron chi connectivity index (χ2n) is 7.24. The highest BCUT2D eigenvalue weighted by Crippen LogP contribution is 2.32. The zero-order valence-corrected chi connectivity index (χ0v) is 19.8. The second kappa shape index (κ2) is 10.6. The zero-order chi connectivity index (χ0) is 24.8. The Morgan fingerprint density at radius 1 is 0.857 bits per heavy atom. The molecule has 11 nitrogen and oxygen atoms in total. The maximum absolute atomic E-state index is 12.5. The van der Waals surface area contributed by atoms with Crippen LogP contribution in [0.1, 0.15) is 10.4 Å². The van der Waals surface area contributed by atoms with Gasteiger partial charge in [-0.2, -0.15) is 4.52 Å². The van der Waals surface area contributed by atoms with E-state index in [0.717, 1.165) is 0 Å². The second-order valence-corrected chi connectivity index (χ2v) is 7.24. The molecule has 0 saturated carbocycles. The number of hydrogen-bond donors (Lipinski definition) is 1. The van der Waals surface area contributed by atoms with Gasteiger partial charge >= 0.3 is 0 Å². The molecule has 0 aliphatic heterocycles. The number of benzene rings is 2. The molecular formula is C24H25N5O6. The van der Waals surface area contributed by atoms with E-state index in [1.54, 1.807) is 67.3 Å². The summed E-state index contributed by atoms with van der Waals surface area (Å²) in [5.41, 5.74) is 1.63. The van der Waals surface area contributed by atoms with E-state index in [0.29, 0.717) is 51.5 Å². The number of rotatable bonds is 10. The van der Waals surface area contributed by atoms with Crippen LogP contribution in [0.3, 0.4) is 0 Å². The van der Waals surface area contributed by atoms with Crippen molar-refractivity contribution in [2.45, 2.75) is 0 Å². The number of methoxy groups -OCH3 is 4. The van der Waals surface area contributed by atoms with Crippen LogP contribution in [-0.4, -0.2) is 67.3 Å². The van der Waals surface area contributed by atoms with Crippen LogP contribution in [0.4, 0.5) is 0 Å². The maximum Gasteiger partial charge on any atom is 0.251 e. The third-order valence-corrected chi connectivity index (χ3v) is 5.14. The molecule has 0 saturated heterocycles. The fraction of sp³-hybridized carbons (Fsp3) is 0.250. The lowest BCUT2D eigenvalue weighted by molar-refractivity contribution is 0.0945. The van der Waals surface area contributed by atoms with Crippen molar-refractivity contribution in [2.75, 3.05) is 41.6 Å². The van der Waals surface area contributed by atoms with Gasteiger partial charge < -0.3 is 29.0 Å². The minimum atomic E-state index is -0.277. The fourth-order valence-corrected chi connectivity index (χ4v) is 3.37. The first-order valence-electron chi connectivity index (χ1n) is 10.6. The van der Waals surface area contributed by atoms with Gasteiger partial charge in [0.2, 0.25) is 5.88 Å². The summed E-state index contributed by atoms with van der Waals surface area (Å²) in [5.74, 6) is 2.85. The molecule has 0 aliphatic rings. The standard InChI is InChI=1S/C24H25N5O6/c1-31-16-5-6-20(34-4)19(14-16)23-27-26-21-7-8-22(28-29(21)23)35-10-9-25-24(30)15-11-17(32-2)13-18(12-15)33-3/h5-8,11-14H,9-10H2,1-4H3,(H,25,30). The van der Waals surface area contributed by atoms with Crippen molar-refractivity contribution in [3.63, 3.8) is 0 Å². The Hall–Kier alpha value is -4.54. The number of nitrogens with zero attached hydrogens (tertiary/aromatic N) is 4. The van der Waals surface area contributed by atoms with Crippen LogP contribution in [0.2, 0.25) is 0 Å². The number of amides is 1. The van der Waals surface area contributed by atoms with Crippen molar-refractivity contribution >= 4 is 11.6 Å². The molecule has 2 aromatic carbocycles. The predicted octanol–water partition coefficient (Wildman–Crippen LogP) is 2.63. The van der Waals surface area contributed by atoms with Gasteiger partial charge in [-0.25, -0.2) is 0 Å². The van der Waals surface area contributed by atoms with Crippen LogP contribution >= 0.6 is 0 Å². The zero-order valence-electron chi connectivity index (χ0n) is 19.8. The first kappa shape index (κ1) is 23.6. The quantitative estimate of drug-likeness (QED) is 0.342. The van der Waals surface area contributed by atoms with E-state index in [-0.39, 0.29) is 19.1 Å². The summed E-state index contributed by atoms with van der Waals surface area (Å²) in [5, 5.41) is 15.7. The number of carbonyl (C=O) groups excluding carboxylic acids is 1. The first-order valence-corrected chi connectivity index (χ1v) is 10.6. The van der Waals surface area contributed by atoms with Crippen LogP contribution in [-0.2, 0) is 0 Å². The van der Waals surface area contributed by atoms with E-state index >= 15 is 0 Å². The van der Waals surface area contributed by atoms with Crippen LogP contribution < -0.4 is 29.0 Å². The number of fused-ring (bicyclic) bond motifs is 1. The van der Waals surface area contributed by atoms with Crippen molar-refractivity contribution in [3.8, 4) is 40.3 Å². The van der Waals surface area contributed by atoms with Gasteiger partial charge in [0.15, 0.2) is 11.5 Å². The molecule has 0 aliphatic carbocycles. The molecule has 0 spiro atoms. The Bertz CT molecular complexity index is 1320.